The van der Waals surface area contributed by atoms with Crippen LogP contribution in [0.1, 0.15) is 11.1 Å². The summed E-state index contributed by atoms with van der Waals surface area (Å²) >= 11 is 3.34. The fourth-order valence-electron chi connectivity index (χ4n) is 2.63. The van der Waals surface area contributed by atoms with Crippen LogP contribution >= 0.6 is 15.9 Å². The van der Waals surface area contributed by atoms with Gasteiger partial charge in [0.2, 0.25) is 5.91 Å². The highest BCUT2D eigenvalue weighted by atomic mass is 79.9. The summed E-state index contributed by atoms with van der Waals surface area (Å²) in [4.78, 5) is 24.5. The highest BCUT2D eigenvalue weighted by Gasteiger charge is 2.18. The molecule has 6 nitrogen and oxygen atoms in total. The number of phenols is 2. The fourth-order valence-corrected chi connectivity index (χ4v) is 3.02. The van der Waals surface area contributed by atoms with Crippen molar-refractivity contribution in [3.63, 3.8) is 0 Å². The Hall–Kier alpha value is -2.80. The first kappa shape index (κ1) is 17.0. The number of phenolic OH excluding ortho intramolecular Hbond substituents is 2. The zero-order valence-electron chi connectivity index (χ0n) is 13.2. The van der Waals surface area contributed by atoms with E-state index in [2.05, 4.69) is 21.2 Å². The third kappa shape index (κ3) is 3.36. The second-order valence-corrected chi connectivity index (χ2v) is 6.39. The number of nitrogens with one attached hydrogen (secondary N) is 1. The van der Waals surface area contributed by atoms with Crippen LogP contribution in [0.25, 0.3) is 11.0 Å². The van der Waals surface area contributed by atoms with Gasteiger partial charge in [-0.05, 0) is 40.5 Å². The number of benzene rings is 2. The summed E-state index contributed by atoms with van der Waals surface area (Å²) in [7, 11) is 0. The maximum Gasteiger partial charge on any atom is 0.340 e. The smallest absolute Gasteiger partial charge is 0.340 e. The summed E-state index contributed by atoms with van der Waals surface area (Å²) in [6.45, 7) is 1.62. The van der Waals surface area contributed by atoms with Gasteiger partial charge in [0.1, 0.15) is 17.1 Å². The van der Waals surface area contributed by atoms with Gasteiger partial charge in [0.15, 0.2) is 0 Å². The van der Waals surface area contributed by atoms with E-state index >= 15 is 0 Å². The van der Waals surface area contributed by atoms with Gasteiger partial charge in [-0.2, -0.15) is 0 Å². The number of anilines is 1. The lowest BCUT2D eigenvalue weighted by molar-refractivity contribution is -0.115. The average Bonchev–Trinajstić information content (AvgIpc) is 2.52. The molecule has 0 radical (unpaired) electrons. The molecular weight excluding hydrogens is 390 g/mol. The first-order valence-corrected chi connectivity index (χ1v) is 8.18. The highest BCUT2D eigenvalue weighted by Crippen LogP contribution is 2.32. The van der Waals surface area contributed by atoms with Crippen molar-refractivity contribution in [2.24, 2.45) is 0 Å². The summed E-state index contributed by atoms with van der Waals surface area (Å²) in [5.41, 5.74) is 0.555. The normalized spacial score (nSPS) is 10.8. The highest BCUT2D eigenvalue weighted by molar-refractivity contribution is 9.10. The Morgan fingerprint density at radius 1 is 1.24 bits per heavy atom. The van der Waals surface area contributed by atoms with Crippen molar-refractivity contribution in [3.05, 3.63) is 62.4 Å². The van der Waals surface area contributed by atoms with Gasteiger partial charge < -0.3 is 19.9 Å². The summed E-state index contributed by atoms with van der Waals surface area (Å²) < 4.78 is 5.87. The molecule has 0 aliphatic rings. The van der Waals surface area contributed by atoms with E-state index in [-0.39, 0.29) is 35.0 Å². The summed E-state index contributed by atoms with van der Waals surface area (Å²) in [5.74, 6) is -0.824. The summed E-state index contributed by atoms with van der Waals surface area (Å²) in [5, 5.41) is 22.5. The van der Waals surface area contributed by atoms with Crippen molar-refractivity contribution in [2.75, 3.05) is 5.32 Å². The molecule has 3 N–H and O–H groups in total. The molecular formula is C18H14BrNO5. The number of halogens is 1. The van der Waals surface area contributed by atoms with E-state index in [1.165, 1.54) is 6.07 Å². The summed E-state index contributed by atoms with van der Waals surface area (Å²) in [6.07, 6.45) is -0.203. The maximum atomic E-state index is 12.3. The van der Waals surface area contributed by atoms with Gasteiger partial charge in [0, 0.05) is 16.6 Å². The van der Waals surface area contributed by atoms with Crippen molar-refractivity contribution in [1.29, 1.82) is 0 Å². The van der Waals surface area contributed by atoms with Crippen LogP contribution in [0.4, 0.5) is 5.69 Å². The Bertz CT molecular complexity index is 1040. The molecule has 128 valence electrons. The minimum atomic E-state index is -0.683. The van der Waals surface area contributed by atoms with Gasteiger partial charge >= 0.3 is 5.63 Å². The predicted octanol–water partition coefficient (Wildman–Crippen LogP) is 3.46. The van der Waals surface area contributed by atoms with Gasteiger partial charge in [-0.3, -0.25) is 4.79 Å². The molecule has 1 heterocycles. The number of fused-ring (bicyclic) bond motifs is 1. The molecule has 3 rings (SSSR count). The van der Waals surface area contributed by atoms with E-state index in [1.807, 2.05) is 6.07 Å². The lowest BCUT2D eigenvalue weighted by Gasteiger charge is -2.10. The molecule has 0 fully saturated rings. The molecule has 0 atom stereocenters. The molecule has 0 spiro atoms. The number of carbonyl (C=O) groups excluding carboxylic acids is 1. The van der Waals surface area contributed by atoms with Gasteiger partial charge in [0.05, 0.1) is 23.1 Å². The Kier molecular flexibility index (Phi) is 4.50. The van der Waals surface area contributed by atoms with Crippen LogP contribution in [0.15, 0.2) is 50.1 Å². The van der Waals surface area contributed by atoms with Crippen LogP contribution < -0.4 is 10.9 Å². The Morgan fingerprint density at radius 3 is 2.68 bits per heavy atom. The van der Waals surface area contributed by atoms with E-state index in [1.54, 1.807) is 25.1 Å². The van der Waals surface area contributed by atoms with Crippen molar-refractivity contribution >= 4 is 38.5 Å². The lowest BCUT2D eigenvalue weighted by atomic mass is 10.0. The number of rotatable bonds is 3. The van der Waals surface area contributed by atoms with Crippen LogP contribution in [0.2, 0.25) is 0 Å². The number of hydrogen-bond donors (Lipinski definition) is 3. The van der Waals surface area contributed by atoms with Crippen molar-refractivity contribution in [3.8, 4) is 11.5 Å². The number of carbonyl (C=O) groups is 1. The van der Waals surface area contributed by atoms with Crippen molar-refractivity contribution in [1.82, 2.24) is 0 Å². The Morgan fingerprint density at radius 2 is 1.96 bits per heavy atom. The first-order valence-electron chi connectivity index (χ1n) is 7.39. The second kappa shape index (κ2) is 6.60. The summed E-state index contributed by atoms with van der Waals surface area (Å²) in [6, 6.07) is 9.51. The third-order valence-corrected chi connectivity index (χ3v) is 4.52. The van der Waals surface area contributed by atoms with Gasteiger partial charge in [0.25, 0.3) is 0 Å². The molecule has 1 amide bonds. The molecule has 1 aromatic heterocycles. The molecule has 0 unspecified atom stereocenters. The number of aromatic hydroxyl groups is 2. The second-order valence-electron chi connectivity index (χ2n) is 5.54. The van der Waals surface area contributed by atoms with Crippen molar-refractivity contribution in [2.45, 2.75) is 13.3 Å². The molecule has 0 aliphatic carbocycles. The zero-order chi connectivity index (χ0) is 18.1. The van der Waals surface area contributed by atoms with Crippen molar-refractivity contribution < 1.29 is 19.4 Å². The third-order valence-electron chi connectivity index (χ3n) is 3.83. The van der Waals surface area contributed by atoms with E-state index in [0.717, 1.165) is 10.5 Å². The SMILES string of the molecule is Cc1c(CC(=O)Nc2ccccc2Br)c(=O)oc2cc(O)cc(O)c12. The number of hydrogen-bond acceptors (Lipinski definition) is 5. The average molecular weight is 404 g/mol. The van der Waals surface area contributed by atoms with Crippen LogP contribution in [0.5, 0.6) is 11.5 Å². The van der Waals surface area contributed by atoms with E-state index in [4.69, 9.17) is 4.42 Å². The van der Waals surface area contributed by atoms with Crippen LogP contribution in [-0.4, -0.2) is 16.1 Å². The van der Waals surface area contributed by atoms with Gasteiger partial charge in [-0.1, -0.05) is 12.1 Å². The minimum absolute atomic E-state index is 0.0648. The fraction of sp³-hybridized carbons (Fsp3) is 0.111. The quantitative estimate of drug-likeness (QED) is 0.581. The number of para-hydroxylation sites is 1. The zero-order valence-corrected chi connectivity index (χ0v) is 14.8. The Balaban J connectivity index is 1.98. The molecule has 7 heteroatoms. The molecule has 25 heavy (non-hydrogen) atoms. The van der Waals surface area contributed by atoms with E-state index in [9.17, 15) is 19.8 Å². The van der Waals surface area contributed by atoms with Crippen LogP contribution in [0, 0.1) is 6.92 Å². The monoisotopic (exact) mass is 403 g/mol. The molecule has 0 saturated heterocycles. The molecule has 2 aromatic carbocycles. The number of amides is 1. The molecule has 0 bridgehead atoms. The maximum absolute atomic E-state index is 12.3. The molecule has 3 aromatic rings. The number of aryl methyl sites for hydroxylation is 1. The topological polar surface area (TPSA) is 99.8 Å². The lowest BCUT2D eigenvalue weighted by Crippen LogP contribution is -2.20. The Labute approximate surface area is 150 Å². The van der Waals surface area contributed by atoms with E-state index in [0.29, 0.717) is 16.6 Å². The molecule has 0 saturated carbocycles. The minimum Gasteiger partial charge on any atom is -0.508 e. The standard InChI is InChI=1S/C18H14BrNO5/c1-9-11(8-16(23)20-13-5-3-2-4-12(13)19)18(24)25-15-7-10(21)6-14(22)17(9)15/h2-7,21-22H,8H2,1H3,(H,20,23). The first-order chi connectivity index (χ1) is 11.9. The van der Waals surface area contributed by atoms with E-state index < -0.39 is 5.63 Å². The predicted molar refractivity (Wildman–Crippen MR) is 97.0 cm³/mol. The molecule has 0 aliphatic heterocycles. The van der Waals surface area contributed by atoms with Gasteiger partial charge in [-0.25, -0.2) is 4.79 Å². The largest absolute Gasteiger partial charge is 0.508 e. The van der Waals surface area contributed by atoms with Crippen LogP contribution in [0.3, 0.4) is 0 Å². The van der Waals surface area contributed by atoms with Crippen LogP contribution in [-0.2, 0) is 11.2 Å². The van der Waals surface area contributed by atoms with Gasteiger partial charge in [-0.15, -0.1) is 0 Å².